The summed E-state index contributed by atoms with van der Waals surface area (Å²) in [7, 11) is 0. The Morgan fingerprint density at radius 2 is 1.36 bits per heavy atom. The van der Waals surface area contributed by atoms with E-state index in [-0.39, 0.29) is 19.1 Å². The molecule has 2 aromatic rings. The van der Waals surface area contributed by atoms with E-state index in [1.54, 1.807) is 0 Å². The molecular weight excluding hydrogens is 348 g/mol. The molecule has 0 aliphatic carbocycles. The molecule has 0 bridgehead atoms. The van der Waals surface area contributed by atoms with Crippen LogP contribution in [0.5, 0.6) is 5.75 Å². The van der Waals surface area contributed by atoms with Gasteiger partial charge in [0.2, 0.25) is 0 Å². The van der Waals surface area contributed by atoms with Crippen molar-refractivity contribution in [3.8, 4) is 16.9 Å². The highest BCUT2D eigenvalue weighted by atomic mass is 16.5. The summed E-state index contributed by atoms with van der Waals surface area (Å²) in [6, 6.07) is 17.2. The fourth-order valence-corrected chi connectivity index (χ4v) is 3.31. The molecule has 154 valence electrons. The molecule has 0 aliphatic heterocycles. The SMILES string of the molecule is CCCCc1ccc(-c2ccc(OCCCCCCC(CO)CO)cc2)cc1. The van der Waals surface area contributed by atoms with Crippen molar-refractivity contribution in [2.24, 2.45) is 5.92 Å². The number of unbranched alkanes of at least 4 members (excludes halogenated alkanes) is 4. The Balaban J connectivity index is 1.67. The van der Waals surface area contributed by atoms with Gasteiger partial charge in [-0.1, -0.05) is 69.0 Å². The topological polar surface area (TPSA) is 49.7 Å². The summed E-state index contributed by atoms with van der Waals surface area (Å²) in [5, 5.41) is 18.1. The first-order chi connectivity index (χ1) is 13.8. The Morgan fingerprint density at radius 1 is 0.750 bits per heavy atom. The van der Waals surface area contributed by atoms with Gasteiger partial charge < -0.3 is 14.9 Å². The van der Waals surface area contributed by atoms with Crippen LogP contribution in [0.2, 0.25) is 0 Å². The van der Waals surface area contributed by atoms with Gasteiger partial charge in [-0.05, 0) is 54.5 Å². The maximum Gasteiger partial charge on any atom is 0.119 e. The van der Waals surface area contributed by atoms with Crippen LogP contribution < -0.4 is 4.74 Å². The lowest BCUT2D eigenvalue weighted by atomic mass is 10.0. The van der Waals surface area contributed by atoms with E-state index in [0.717, 1.165) is 50.9 Å². The molecule has 0 atom stereocenters. The lowest BCUT2D eigenvalue weighted by molar-refractivity contribution is 0.141. The molecule has 3 heteroatoms. The highest BCUT2D eigenvalue weighted by molar-refractivity contribution is 5.64. The van der Waals surface area contributed by atoms with E-state index in [0.29, 0.717) is 0 Å². The molecule has 0 aromatic heterocycles. The number of hydrogen-bond donors (Lipinski definition) is 2. The van der Waals surface area contributed by atoms with Gasteiger partial charge in [-0.2, -0.15) is 0 Å². The van der Waals surface area contributed by atoms with Gasteiger partial charge in [-0.3, -0.25) is 0 Å². The van der Waals surface area contributed by atoms with Crippen LogP contribution in [0.4, 0.5) is 0 Å². The lowest BCUT2D eigenvalue weighted by Crippen LogP contribution is -2.10. The Hall–Kier alpha value is -1.84. The Morgan fingerprint density at radius 3 is 1.96 bits per heavy atom. The number of aliphatic hydroxyl groups excluding tert-OH is 2. The van der Waals surface area contributed by atoms with Crippen LogP contribution >= 0.6 is 0 Å². The van der Waals surface area contributed by atoms with Crippen molar-refractivity contribution < 1.29 is 14.9 Å². The van der Waals surface area contributed by atoms with Crippen molar-refractivity contribution in [1.82, 2.24) is 0 Å². The van der Waals surface area contributed by atoms with Crippen LogP contribution in [0.15, 0.2) is 48.5 Å². The number of aliphatic hydroxyl groups is 2. The lowest BCUT2D eigenvalue weighted by Gasteiger charge is -2.10. The average Bonchev–Trinajstić information content (AvgIpc) is 2.75. The van der Waals surface area contributed by atoms with Crippen LogP contribution in [-0.4, -0.2) is 30.0 Å². The number of hydrogen-bond acceptors (Lipinski definition) is 3. The molecule has 0 spiro atoms. The van der Waals surface area contributed by atoms with E-state index in [1.807, 2.05) is 12.1 Å². The maximum atomic E-state index is 9.05. The Bertz CT molecular complexity index is 630. The van der Waals surface area contributed by atoms with Gasteiger partial charge in [-0.25, -0.2) is 0 Å². The standard InChI is InChI=1S/C25H36O3/c1-2-3-8-21-10-12-23(13-11-21)24-14-16-25(17-15-24)28-18-7-5-4-6-9-22(19-26)20-27/h10-17,22,26-27H,2-9,18-20H2,1H3. The van der Waals surface area contributed by atoms with Crippen LogP contribution in [-0.2, 0) is 6.42 Å². The van der Waals surface area contributed by atoms with Crippen LogP contribution in [0.1, 0.15) is 57.4 Å². The van der Waals surface area contributed by atoms with E-state index in [1.165, 1.54) is 29.5 Å². The van der Waals surface area contributed by atoms with E-state index in [4.69, 9.17) is 14.9 Å². The fourth-order valence-electron chi connectivity index (χ4n) is 3.31. The molecule has 28 heavy (non-hydrogen) atoms. The third-order valence-electron chi connectivity index (χ3n) is 5.25. The van der Waals surface area contributed by atoms with Crippen molar-refractivity contribution in [2.75, 3.05) is 19.8 Å². The molecule has 0 heterocycles. The molecule has 3 nitrogen and oxygen atoms in total. The van der Waals surface area contributed by atoms with Crippen molar-refractivity contribution in [2.45, 2.75) is 58.3 Å². The van der Waals surface area contributed by atoms with E-state index >= 15 is 0 Å². The summed E-state index contributed by atoms with van der Waals surface area (Å²) in [6.45, 7) is 3.12. The van der Waals surface area contributed by atoms with Crippen LogP contribution in [0, 0.1) is 5.92 Å². The monoisotopic (exact) mass is 384 g/mol. The Labute approximate surface area is 170 Å². The average molecular weight is 385 g/mol. The number of aryl methyl sites for hydroxylation is 1. The summed E-state index contributed by atoms with van der Waals surface area (Å²) in [5.41, 5.74) is 3.88. The zero-order chi connectivity index (χ0) is 20.0. The third-order valence-corrected chi connectivity index (χ3v) is 5.25. The minimum atomic E-state index is 0.0438. The van der Waals surface area contributed by atoms with Crippen molar-refractivity contribution in [3.63, 3.8) is 0 Å². The summed E-state index contributed by atoms with van der Waals surface area (Å²) < 4.78 is 5.85. The third kappa shape index (κ3) is 8.04. The maximum absolute atomic E-state index is 9.05. The molecule has 0 saturated carbocycles. The normalized spacial score (nSPS) is 11.1. The molecule has 2 rings (SSSR count). The smallest absolute Gasteiger partial charge is 0.119 e. The second-order valence-electron chi connectivity index (χ2n) is 7.61. The van der Waals surface area contributed by atoms with Gasteiger partial charge in [0, 0.05) is 19.1 Å². The summed E-state index contributed by atoms with van der Waals surface area (Å²) in [5.74, 6) is 0.964. The Kier molecular flexibility index (Phi) is 10.7. The molecule has 0 unspecified atom stereocenters. The predicted molar refractivity (Wildman–Crippen MR) is 117 cm³/mol. The highest BCUT2D eigenvalue weighted by Crippen LogP contribution is 2.23. The number of rotatable bonds is 14. The summed E-state index contributed by atoms with van der Waals surface area (Å²) >= 11 is 0. The van der Waals surface area contributed by atoms with Crippen LogP contribution in [0.3, 0.4) is 0 Å². The van der Waals surface area contributed by atoms with Crippen LogP contribution in [0.25, 0.3) is 11.1 Å². The van der Waals surface area contributed by atoms with Crippen molar-refractivity contribution >= 4 is 0 Å². The minimum Gasteiger partial charge on any atom is -0.494 e. The predicted octanol–water partition coefficient (Wildman–Crippen LogP) is 5.63. The minimum absolute atomic E-state index is 0.0438. The molecule has 0 saturated heterocycles. The van der Waals surface area contributed by atoms with Gasteiger partial charge in [-0.15, -0.1) is 0 Å². The van der Waals surface area contributed by atoms with Crippen molar-refractivity contribution in [1.29, 1.82) is 0 Å². The summed E-state index contributed by atoms with van der Waals surface area (Å²) in [4.78, 5) is 0. The quantitative estimate of drug-likeness (QED) is 0.415. The second kappa shape index (κ2) is 13.4. The van der Waals surface area contributed by atoms with E-state index in [2.05, 4.69) is 43.3 Å². The molecule has 2 N–H and O–H groups in total. The van der Waals surface area contributed by atoms with Gasteiger partial charge in [0.1, 0.15) is 5.75 Å². The summed E-state index contributed by atoms with van der Waals surface area (Å²) in [6.07, 6.45) is 8.86. The fraction of sp³-hybridized carbons (Fsp3) is 0.520. The van der Waals surface area contributed by atoms with Crippen molar-refractivity contribution in [3.05, 3.63) is 54.1 Å². The van der Waals surface area contributed by atoms with Gasteiger partial charge in [0.15, 0.2) is 0 Å². The molecular formula is C25H36O3. The van der Waals surface area contributed by atoms with Gasteiger partial charge >= 0.3 is 0 Å². The number of ether oxygens (including phenoxy) is 1. The molecule has 2 aromatic carbocycles. The molecule has 0 aliphatic rings. The first kappa shape index (κ1) is 22.4. The number of benzene rings is 2. The second-order valence-corrected chi connectivity index (χ2v) is 7.61. The first-order valence-electron chi connectivity index (χ1n) is 10.8. The molecule has 0 radical (unpaired) electrons. The van der Waals surface area contributed by atoms with Gasteiger partial charge in [0.05, 0.1) is 6.61 Å². The van der Waals surface area contributed by atoms with E-state index < -0.39 is 0 Å². The molecule has 0 amide bonds. The highest BCUT2D eigenvalue weighted by Gasteiger charge is 2.05. The van der Waals surface area contributed by atoms with Gasteiger partial charge in [0.25, 0.3) is 0 Å². The van der Waals surface area contributed by atoms with E-state index in [9.17, 15) is 0 Å². The zero-order valence-electron chi connectivity index (χ0n) is 17.3. The largest absolute Gasteiger partial charge is 0.494 e. The molecule has 0 fully saturated rings. The zero-order valence-corrected chi connectivity index (χ0v) is 17.3. The first-order valence-corrected chi connectivity index (χ1v) is 10.8.